The molecule has 35 heavy (non-hydrogen) atoms. The van der Waals surface area contributed by atoms with Gasteiger partial charge in [0.25, 0.3) is 0 Å². The summed E-state index contributed by atoms with van der Waals surface area (Å²) in [6.45, 7) is 11.0. The zero-order valence-corrected chi connectivity index (χ0v) is 24.5. The zero-order valence-electron chi connectivity index (χ0n) is 22.7. The van der Waals surface area contributed by atoms with Crippen molar-refractivity contribution in [2.45, 2.75) is 79.1 Å². The quantitative estimate of drug-likeness (QED) is 0.262. The van der Waals surface area contributed by atoms with Crippen molar-refractivity contribution in [2.24, 2.45) is 0 Å². The van der Waals surface area contributed by atoms with E-state index in [-0.39, 0.29) is 17.7 Å². The summed E-state index contributed by atoms with van der Waals surface area (Å²) >= 11 is 0. The van der Waals surface area contributed by atoms with Crippen LogP contribution in [0.2, 0.25) is 0 Å². The van der Waals surface area contributed by atoms with Crippen LogP contribution in [0.4, 0.5) is 10.3 Å². The molecule has 0 saturated carbocycles. The van der Waals surface area contributed by atoms with Crippen LogP contribution in [0.25, 0.3) is 11.3 Å². The van der Waals surface area contributed by atoms with Gasteiger partial charge < -0.3 is 0 Å². The Morgan fingerprint density at radius 1 is 0.914 bits per heavy atom. The summed E-state index contributed by atoms with van der Waals surface area (Å²) in [4.78, 5) is 9.85. The van der Waals surface area contributed by atoms with Crippen LogP contribution in [0.1, 0.15) is 84.8 Å². The van der Waals surface area contributed by atoms with Crippen LogP contribution < -0.4 is 9.61 Å². The van der Waals surface area contributed by atoms with Crippen LogP contribution in [0.5, 0.6) is 0 Å². The second kappa shape index (κ2) is 13.1. The van der Waals surface area contributed by atoms with Gasteiger partial charge in [0.1, 0.15) is 0 Å². The zero-order chi connectivity index (χ0) is 26.2. The van der Waals surface area contributed by atoms with Crippen molar-refractivity contribution in [3.05, 3.63) is 35.8 Å². The molecule has 0 fully saturated rings. The van der Waals surface area contributed by atoms with Crippen molar-refractivity contribution < 1.29 is 12.8 Å². The molecule has 0 aliphatic heterocycles. The van der Waals surface area contributed by atoms with Gasteiger partial charge in [0, 0.05) is 0 Å². The average molecular weight is 526 g/mol. The number of sulfonamides is 1. The van der Waals surface area contributed by atoms with E-state index in [2.05, 4.69) is 34.6 Å². The molecular weight excluding hydrogens is 480 g/mol. The molecule has 0 bridgehead atoms. The Labute approximate surface area is 213 Å². The number of hydrogen-bond donors (Lipinski definition) is 0. The van der Waals surface area contributed by atoms with Gasteiger partial charge in [-0.3, -0.25) is 0 Å². The molecule has 5 nitrogen and oxygen atoms in total. The first-order valence-corrected chi connectivity index (χ1v) is 17.6. The normalized spacial score (nSPS) is 12.8. The summed E-state index contributed by atoms with van der Waals surface area (Å²) in [6.07, 6.45) is 11.5. The fourth-order valence-electron chi connectivity index (χ4n) is 4.81. The maximum absolute atomic E-state index is 13.9. The van der Waals surface area contributed by atoms with Crippen molar-refractivity contribution in [1.82, 2.24) is 9.97 Å². The summed E-state index contributed by atoms with van der Waals surface area (Å²) < 4.78 is 39.9. The van der Waals surface area contributed by atoms with Gasteiger partial charge in [0.2, 0.25) is 0 Å². The molecule has 0 atom stereocenters. The van der Waals surface area contributed by atoms with Gasteiger partial charge >= 0.3 is 214 Å². The standard InChI is InChI=1S/C27H45FN3O2PS/c1-8-11-18-34(19-12-9-2,20-13-10-3)26-24(21(4)5)29-27(31(6)35(7,32)33)30-25(26)22-14-16-23(28)17-15-22/h14-17,21,34H,8-13,18-20H2,1-7H3. The number of benzene rings is 1. The van der Waals surface area contributed by atoms with E-state index in [9.17, 15) is 12.8 Å². The Balaban J connectivity index is 2.99. The minimum absolute atomic E-state index is 0.107. The number of rotatable bonds is 14. The van der Waals surface area contributed by atoms with Crippen LogP contribution >= 0.6 is 7.26 Å². The fraction of sp³-hybridized carbons (Fsp3) is 0.630. The van der Waals surface area contributed by atoms with Crippen LogP contribution in [0.15, 0.2) is 24.3 Å². The molecule has 0 aliphatic rings. The number of aromatic nitrogens is 2. The van der Waals surface area contributed by atoms with Crippen molar-refractivity contribution >= 4 is 28.5 Å². The Morgan fingerprint density at radius 2 is 1.40 bits per heavy atom. The summed E-state index contributed by atoms with van der Waals surface area (Å²) in [5.41, 5.74) is 2.58. The van der Waals surface area contributed by atoms with Crippen molar-refractivity contribution in [3.63, 3.8) is 0 Å². The van der Waals surface area contributed by atoms with E-state index in [1.54, 1.807) is 12.1 Å². The monoisotopic (exact) mass is 525 g/mol. The molecule has 2 aromatic rings. The SMILES string of the molecule is CCCC[PH](CCCC)(CCCC)c1c(-c2ccc(F)cc2)nc(N(C)S(C)(=O)=O)nc1C(C)C. The first kappa shape index (κ1) is 29.6. The molecule has 1 aromatic carbocycles. The first-order chi connectivity index (χ1) is 16.5. The number of halogens is 1. The van der Waals surface area contributed by atoms with Crippen LogP contribution in [0, 0.1) is 5.82 Å². The van der Waals surface area contributed by atoms with E-state index >= 15 is 0 Å². The molecule has 198 valence electrons. The van der Waals surface area contributed by atoms with Crippen molar-refractivity contribution in [1.29, 1.82) is 0 Å². The molecule has 0 amide bonds. The summed E-state index contributed by atoms with van der Waals surface area (Å²) in [5.74, 6) is -0.00677. The van der Waals surface area contributed by atoms with Gasteiger partial charge in [0.05, 0.1) is 0 Å². The Hall–Kier alpha value is -1.59. The van der Waals surface area contributed by atoms with Crippen molar-refractivity contribution in [2.75, 3.05) is 36.1 Å². The molecule has 8 heteroatoms. The Morgan fingerprint density at radius 3 is 1.80 bits per heavy atom. The Kier molecular flexibility index (Phi) is 11.1. The van der Waals surface area contributed by atoms with Gasteiger partial charge in [-0.05, 0) is 0 Å². The van der Waals surface area contributed by atoms with E-state index in [0.717, 1.165) is 59.8 Å². The van der Waals surface area contributed by atoms with Crippen LogP contribution in [-0.4, -0.2) is 50.2 Å². The Bertz CT molecular complexity index is 1040. The molecule has 1 aromatic heterocycles. The van der Waals surface area contributed by atoms with Gasteiger partial charge in [0.15, 0.2) is 0 Å². The molecule has 1 heterocycles. The topological polar surface area (TPSA) is 63.2 Å². The maximum atomic E-state index is 13.9. The van der Waals surface area contributed by atoms with Crippen LogP contribution in [0.3, 0.4) is 0 Å². The van der Waals surface area contributed by atoms with Crippen molar-refractivity contribution in [3.8, 4) is 11.3 Å². The van der Waals surface area contributed by atoms with Crippen LogP contribution in [-0.2, 0) is 10.0 Å². The molecule has 0 unspecified atom stereocenters. The van der Waals surface area contributed by atoms with E-state index in [0.29, 0.717) is 0 Å². The van der Waals surface area contributed by atoms with Gasteiger partial charge in [-0.25, -0.2) is 0 Å². The third-order valence-corrected chi connectivity index (χ3v) is 13.6. The molecule has 0 aliphatic carbocycles. The second-order valence-corrected chi connectivity index (χ2v) is 16.7. The molecule has 0 spiro atoms. The predicted octanol–water partition coefficient (Wildman–Crippen LogP) is 6.58. The minimum atomic E-state index is -3.54. The third kappa shape index (κ3) is 7.45. The van der Waals surface area contributed by atoms with Gasteiger partial charge in [-0.2, -0.15) is 0 Å². The second-order valence-electron chi connectivity index (χ2n) is 10.1. The summed E-state index contributed by atoms with van der Waals surface area (Å²) in [6, 6.07) is 6.47. The van der Waals surface area contributed by atoms with Gasteiger partial charge in [-0.15, -0.1) is 0 Å². The van der Waals surface area contributed by atoms with E-state index in [4.69, 9.17) is 9.97 Å². The van der Waals surface area contributed by atoms with E-state index in [1.165, 1.54) is 49.2 Å². The summed E-state index contributed by atoms with van der Waals surface area (Å²) in [7, 11) is -4.11. The fourth-order valence-corrected chi connectivity index (χ4v) is 11.4. The predicted molar refractivity (Wildman–Crippen MR) is 152 cm³/mol. The van der Waals surface area contributed by atoms with Gasteiger partial charge in [-0.1, -0.05) is 0 Å². The van der Waals surface area contributed by atoms with E-state index in [1.807, 2.05) is 0 Å². The number of unbranched alkanes of at least 4 members (excludes halogenated alkanes) is 3. The molecule has 0 N–H and O–H groups in total. The first-order valence-electron chi connectivity index (χ1n) is 13.1. The average Bonchev–Trinajstić information content (AvgIpc) is 2.82. The molecule has 2 rings (SSSR count). The number of hydrogen-bond acceptors (Lipinski definition) is 4. The number of anilines is 1. The third-order valence-electron chi connectivity index (χ3n) is 6.93. The number of nitrogens with zero attached hydrogens (tertiary/aromatic N) is 3. The van der Waals surface area contributed by atoms with E-state index < -0.39 is 17.3 Å². The molecular formula is C27H45FN3O2PS. The molecule has 0 saturated heterocycles. The summed E-state index contributed by atoms with van der Waals surface area (Å²) in [5, 5.41) is 1.26. The molecule has 0 radical (unpaired) electrons.